The fourth-order valence-electron chi connectivity index (χ4n) is 3.96. The summed E-state index contributed by atoms with van der Waals surface area (Å²) in [6.45, 7) is 10.2. The number of piperidine rings is 1. The van der Waals surface area contributed by atoms with Crippen molar-refractivity contribution in [3.8, 4) is 0 Å². The van der Waals surface area contributed by atoms with Gasteiger partial charge >= 0.3 is 24.3 Å². The second-order valence-corrected chi connectivity index (χ2v) is 10.1. The molecule has 212 valence electrons. The van der Waals surface area contributed by atoms with Crippen LogP contribution in [0.2, 0.25) is 0 Å². The van der Waals surface area contributed by atoms with Crippen LogP contribution in [-0.4, -0.2) is 100 Å². The molecule has 8 nitrogen and oxygen atoms in total. The Morgan fingerprint density at radius 1 is 1.00 bits per heavy atom. The quantitative estimate of drug-likeness (QED) is 0.538. The van der Waals surface area contributed by atoms with Crippen molar-refractivity contribution in [2.24, 2.45) is 5.92 Å². The van der Waals surface area contributed by atoms with Crippen LogP contribution in [-0.2, 0) is 20.9 Å². The summed E-state index contributed by atoms with van der Waals surface area (Å²) in [5, 5.41) is 16.4. The number of carboxylic acids is 2. The van der Waals surface area contributed by atoms with E-state index in [1.807, 2.05) is 11.3 Å². The third kappa shape index (κ3) is 10.1. The molecule has 3 rings (SSSR count). The molecule has 0 saturated carbocycles. The number of rotatable bonds is 4. The highest BCUT2D eigenvalue weighted by atomic mass is 32.1. The lowest BCUT2D eigenvalue weighted by atomic mass is 9.82. The first-order chi connectivity index (χ1) is 16.9. The van der Waals surface area contributed by atoms with Gasteiger partial charge in [-0.2, -0.15) is 26.3 Å². The molecule has 0 atom stereocenters. The molecule has 2 saturated heterocycles. The summed E-state index contributed by atoms with van der Waals surface area (Å²) < 4.78 is 63.5. The van der Waals surface area contributed by atoms with Crippen LogP contribution in [0.1, 0.15) is 31.6 Å². The molecule has 2 aliphatic heterocycles. The molecule has 37 heavy (non-hydrogen) atoms. The predicted molar refractivity (Wildman–Crippen MR) is 123 cm³/mol. The molecule has 0 radical (unpaired) electrons. The fraction of sp³-hybridized carbons (Fsp3) is 0.682. The zero-order valence-corrected chi connectivity index (χ0v) is 21.4. The van der Waals surface area contributed by atoms with Gasteiger partial charge in [-0.15, -0.1) is 11.3 Å². The van der Waals surface area contributed by atoms with E-state index in [0.717, 1.165) is 52.1 Å². The van der Waals surface area contributed by atoms with Gasteiger partial charge in [0.2, 0.25) is 5.91 Å². The van der Waals surface area contributed by atoms with Crippen molar-refractivity contribution in [2.75, 3.05) is 39.8 Å². The molecule has 1 aromatic rings. The number of amides is 1. The fourth-order valence-corrected chi connectivity index (χ4v) is 4.70. The first-order valence-corrected chi connectivity index (χ1v) is 12.1. The molecule has 1 spiro atoms. The van der Waals surface area contributed by atoms with E-state index in [2.05, 4.69) is 53.1 Å². The Balaban J connectivity index is 0.000000404. The molecule has 0 aliphatic carbocycles. The Morgan fingerprint density at radius 3 is 1.86 bits per heavy atom. The summed E-state index contributed by atoms with van der Waals surface area (Å²) in [6, 6.07) is 4.32. The number of alkyl halides is 6. The van der Waals surface area contributed by atoms with E-state index in [0.29, 0.717) is 11.8 Å². The molecule has 1 amide bonds. The van der Waals surface area contributed by atoms with E-state index >= 15 is 0 Å². The smallest absolute Gasteiger partial charge is 0.475 e. The summed E-state index contributed by atoms with van der Waals surface area (Å²) >= 11 is 1.82. The number of hydrogen-bond acceptors (Lipinski definition) is 6. The molecule has 0 aromatic carbocycles. The standard InChI is InChI=1S/C18H29N3OS.2C2HF3O2/c1-15(2)13-21-11-10-19(3)18(17(21)22)6-8-20(9-7-18)14-16-5-4-12-23-16;2*3-2(4,5)1(6)7/h4-5,12,15H,6-11,13-14H2,1-3H3;2*(H,6,7). The molecule has 3 heterocycles. The van der Waals surface area contributed by atoms with Crippen molar-refractivity contribution >= 4 is 29.2 Å². The van der Waals surface area contributed by atoms with Crippen LogP contribution in [0.25, 0.3) is 0 Å². The van der Waals surface area contributed by atoms with E-state index in [-0.39, 0.29) is 5.54 Å². The third-order valence-corrected chi connectivity index (χ3v) is 6.70. The van der Waals surface area contributed by atoms with Crippen molar-refractivity contribution in [3.05, 3.63) is 22.4 Å². The number of carboxylic acid groups (broad SMARTS) is 2. The summed E-state index contributed by atoms with van der Waals surface area (Å²) in [5.41, 5.74) is -0.251. The summed E-state index contributed by atoms with van der Waals surface area (Å²) in [7, 11) is 2.14. The van der Waals surface area contributed by atoms with Gasteiger partial charge in [0.1, 0.15) is 5.54 Å². The Kier molecular flexibility index (Phi) is 11.8. The second kappa shape index (κ2) is 13.4. The molecule has 2 fully saturated rings. The first-order valence-electron chi connectivity index (χ1n) is 11.3. The van der Waals surface area contributed by atoms with Crippen LogP contribution in [0.5, 0.6) is 0 Å². The monoisotopic (exact) mass is 563 g/mol. The van der Waals surface area contributed by atoms with Crippen LogP contribution in [0, 0.1) is 5.92 Å². The number of carbonyl (C=O) groups excluding carboxylic acids is 1. The maximum atomic E-state index is 13.1. The van der Waals surface area contributed by atoms with Crippen molar-refractivity contribution in [1.82, 2.24) is 14.7 Å². The normalized spacial score (nSPS) is 18.6. The minimum absolute atomic E-state index is 0.251. The molecule has 0 bridgehead atoms. The van der Waals surface area contributed by atoms with Gasteiger partial charge in [-0.1, -0.05) is 19.9 Å². The lowest BCUT2D eigenvalue weighted by Crippen LogP contribution is -2.67. The van der Waals surface area contributed by atoms with Crippen LogP contribution in [0.3, 0.4) is 0 Å². The summed E-state index contributed by atoms with van der Waals surface area (Å²) in [5.74, 6) is -4.60. The molecule has 0 unspecified atom stereocenters. The average molecular weight is 564 g/mol. The third-order valence-electron chi connectivity index (χ3n) is 5.83. The molecule has 2 aliphatic rings. The van der Waals surface area contributed by atoms with E-state index < -0.39 is 24.3 Å². The van der Waals surface area contributed by atoms with Gasteiger partial charge in [0, 0.05) is 44.1 Å². The van der Waals surface area contributed by atoms with Gasteiger partial charge in [0.15, 0.2) is 0 Å². The molecular formula is C22H31F6N3O5S. The zero-order chi connectivity index (χ0) is 28.6. The predicted octanol–water partition coefficient (Wildman–Crippen LogP) is 3.78. The number of likely N-dealkylation sites (N-methyl/N-ethyl adjacent to an activating group) is 1. The number of hydrogen-bond donors (Lipinski definition) is 2. The highest BCUT2D eigenvalue weighted by Gasteiger charge is 2.49. The topological polar surface area (TPSA) is 101 Å². The van der Waals surface area contributed by atoms with Gasteiger partial charge < -0.3 is 15.1 Å². The number of halogens is 6. The molecule has 15 heteroatoms. The van der Waals surface area contributed by atoms with Crippen molar-refractivity contribution in [3.63, 3.8) is 0 Å². The largest absolute Gasteiger partial charge is 0.490 e. The number of piperazine rings is 1. The Labute approximate surface area is 214 Å². The molecule has 2 N–H and O–H groups in total. The number of likely N-dealkylation sites (tertiary alicyclic amines) is 1. The van der Waals surface area contributed by atoms with E-state index in [9.17, 15) is 31.1 Å². The number of thiophene rings is 1. The maximum absolute atomic E-state index is 13.1. The van der Waals surface area contributed by atoms with E-state index in [1.165, 1.54) is 4.88 Å². The van der Waals surface area contributed by atoms with Crippen LogP contribution >= 0.6 is 11.3 Å². The minimum Gasteiger partial charge on any atom is -0.475 e. The van der Waals surface area contributed by atoms with E-state index in [1.54, 1.807) is 0 Å². The maximum Gasteiger partial charge on any atom is 0.490 e. The molecular weight excluding hydrogens is 532 g/mol. The number of carbonyl (C=O) groups is 3. The van der Waals surface area contributed by atoms with Crippen molar-refractivity contribution in [1.29, 1.82) is 0 Å². The van der Waals surface area contributed by atoms with Crippen molar-refractivity contribution < 1.29 is 50.9 Å². The summed E-state index contributed by atoms with van der Waals surface area (Å²) in [6.07, 6.45) is -8.25. The Hall–Kier alpha value is -2.39. The van der Waals surface area contributed by atoms with Crippen LogP contribution in [0.15, 0.2) is 17.5 Å². The van der Waals surface area contributed by atoms with Gasteiger partial charge in [-0.3, -0.25) is 14.6 Å². The average Bonchev–Trinajstić information content (AvgIpc) is 3.28. The zero-order valence-electron chi connectivity index (χ0n) is 20.6. The lowest BCUT2D eigenvalue weighted by Gasteiger charge is -2.52. The lowest BCUT2D eigenvalue weighted by molar-refractivity contribution is -0.193. The highest BCUT2D eigenvalue weighted by Crippen LogP contribution is 2.33. The van der Waals surface area contributed by atoms with Gasteiger partial charge in [-0.05, 0) is 37.3 Å². The number of aliphatic carboxylic acids is 2. The van der Waals surface area contributed by atoms with Gasteiger partial charge in [0.25, 0.3) is 0 Å². The molecule has 1 aromatic heterocycles. The minimum atomic E-state index is -5.08. The van der Waals surface area contributed by atoms with Crippen molar-refractivity contribution in [2.45, 2.75) is 51.1 Å². The van der Waals surface area contributed by atoms with Crippen LogP contribution < -0.4 is 0 Å². The SMILES string of the molecule is CC(C)CN1CCN(C)C2(CCN(Cc3cccs3)CC2)C1=O.O=C(O)C(F)(F)F.O=C(O)C(F)(F)F. The van der Waals surface area contributed by atoms with E-state index in [4.69, 9.17) is 19.8 Å². The number of nitrogens with zero attached hydrogens (tertiary/aromatic N) is 3. The van der Waals surface area contributed by atoms with Crippen LogP contribution in [0.4, 0.5) is 26.3 Å². The second-order valence-electron chi connectivity index (χ2n) is 9.06. The van der Waals surface area contributed by atoms with Gasteiger partial charge in [-0.25, -0.2) is 9.59 Å². The summed E-state index contributed by atoms with van der Waals surface area (Å²) in [4.78, 5) is 39.3. The Bertz CT molecular complexity index is 860. The Morgan fingerprint density at radius 2 is 1.49 bits per heavy atom. The first kappa shape index (κ1) is 32.6. The highest BCUT2D eigenvalue weighted by molar-refractivity contribution is 7.09. The van der Waals surface area contributed by atoms with Gasteiger partial charge in [0.05, 0.1) is 0 Å².